The fourth-order valence-electron chi connectivity index (χ4n) is 3.38. The number of piperidine rings is 1. The molecule has 0 saturated carbocycles. The van der Waals surface area contributed by atoms with Gasteiger partial charge in [0.25, 0.3) is 11.8 Å². The Balaban J connectivity index is 1.41. The van der Waals surface area contributed by atoms with Crippen molar-refractivity contribution in [3.63, 3.8) is 0 Å². The van der Waals surface area contributed by atoms with Crippen LogP contribution in [0.3, 0.4) is 0 Å². The van der Waals surface area contributed by atoms with E-state index in [-0.39, 0.29) is 29.6 Å². The number of amides is 2. The summed E-state index contributed by atoms with van der Waals surface area (Å²) < 4.78 is 5.58. The molecule has 1 aliphatic heterocycles. The normalized spacial score (nSPS) is 20.0. The largest absolute Gasteiger partial charge is 0.416 e. The number of rotatable bonds is 3. The van der Waals surface area contributed by atoms with Crippen LogP contribution in [-0.4, -0.2) is 45.3 Å². The number of aromatic nitrogens is 2. The number of nitrogens with one attached hydrogen (secondary N) is 2. The molecule has 27 heavy (non-hydrogen) atoms. The van der Waals surface area contributed by atoms with Crippen LogP contribution >= 0.6 is 11.3 Å². The molecule has 4 rings (SSSR count). The van der Waals surface area contributed by atoms with Crippen molar-refractivity contribution in [2.45, 2.75) is 31.8 Å². The minimum atomic E-state index is -0.660. The second kappa shape index (κ2) is 6.99. The van der Waals surface area contributed by atoms with Crippen LogP contribution in [0.25, 0.3) is 10.2 Å². The maximum Gasteiger partial charge on any atom is 0.416 e. The van der Waals surface area contributed by atoms with Crippen molar-refractivity contribution in [2.75, 3.05) is 6.54 Å². The summed E-state index contributed by atoms with van der Waals surface area (Å²) in [5.41, 5.74) is 0.929. The van der Waals surface area contributed by atoms with Crippen molar-refractivity contribution in [2.24, 2.45) is 0 Å². The molecule has 8 nitrogen and oxygen atoms in total. The molecular weight excluding hydrogens is 368 g/mol. The molecule has 2 atom stereocenters. The molecule has 1 fully saturated rings. The molecule has 1 saturated heterocycles. The molecule has 0 bridgehead atoms. The molecule has 0 radical (unpaired) electrons. The number of nitrogens with zero attached hydrogens (tertiary/aromatic N) is 2. The minimum Gasteiger partial charge on any atom is -0.416 e. The zero-order valence-electron chi connectivity index (χ0n) is 14.6. The monoisotopic (exact) mass is 386 g/mol. The van der Waals surface area contributed by atoms with Gasteiger partial charge in [-0.25, -0.2) is 4.79 Å². The topological polar surface area (TPSA) is 108 Å². The first-order chi connectivity index (χ1) is 13.0. The van der Waals surface area contributed by atoms with Crippen LogP contribution in [0, 0.1) is 0 Å². The summed E-state index contributed by atoms with van der Waals surface area (Å²) in [5, 5.41) is 2.89. The van der Waals surface area contributed by atoms with E-state index in [0.29, 0.717) is 24.3 Å². The SMILES string of the molecule is C[C@@H]1C[C@@H](NC(=O)c2coc(=O)[nH]2)CCN1C(=O)c1cc2ncccc2s1. The van der Waals surface area contributed by atoms with E-state index >= 15 is 0 Å². The third kappa shape index (κ3) is 3.50. The second-order valence-electron chi connectivity index (χ2n) is 6.60. The van der Waals surface area contributed by atoms with Gasteiger partial charge >= 0.3 is 5.76 Å². The molecule has 0 spiro atoms. The van der Waals surface area contributed by atoms with Crippen molar-refractivity contribution in [3.8, 4) is 0 Å². The zero-order valence-corrected chi connectivity index (χ0v) is 15.4. The Morgan fingerprint density at radius 2 is 2.30 bits per heavy atom. The molecular formula is C18H18N4O4S. The lowest BCUT2D eigenvalue weighted by Gasteiger charge is -2.37. The molecule has 0 aromatic carbocycles. The van der Waals surface area contributed by atoms with E-state index in [2.05, 4.69) is 19.7 Å². The van der Waals surface area contributed by atoms with Crippen molar-refractivity contribution in [1.29, 1.82) is 0 Å². The van der Waals surface area contributed by atoms with E-state index in [4.69, 9.17) is 0 Å². The molecule has 0 unspecified atom stereocenters. The summed E-state index contributed by atoms with van der Waals surface area (Å²) in [5.74, 6) is -1.05. The Bertz CT molecular complexity index is 1020. The molecule has 0 aliphatic carbocycles. The number of pyridine rings is 1. The Morgan fingerprint density at radius 3 is 3.00 bits per heavy atom. The number of carbonyl (C=O) groups excluding carboxylic acids is 2. The molecule has 1 aliphatic rings. The number of likely N-dealkylation sites (tertiary alicyclic amines) is 1. The number of aromatic amines is 1. The van der Waals surface area contributed by atoms with Gasteiger partial charge in [0.1, 0.15) is 12.0 Å². The maximum absolute atomic E-state index is 12.9. The van der Waals surface area contributed by atoms with Crippen LogP contribution in [-0.2, 0) is 0 Å². The highest BCUT2D eigenvalue weighted by Gasteiger charge is 2.31. The van der Waals surface area contributed by atoms with E-state index < -0.39 is 5.76 Å². The van der Waals surface area contributed by atoms with E-state index in [1.54, 1.807) is 6.20 Å². The Kier molecular flexibility index (Phi) is 4.53. The molecule has 3 aromatic heterocycles. The van der Waals surface area contributed by atoms with Crippen molar-refractivity contribution in [1.82, 2.24) is 20.2 Å². The molecule has 2 N–H and O–H groups in total. The second-order valence-corrected chi connectivity index (χ2v) is 7.69. The van der Waals surface area contributed by atoms with Crippen LogP contribution in [0.5, 0.6) is 0 Å². The van der Waals surface area contributed by atoms with Crippen LogP contribution in [0.2, 0.25) is 0 Å². The molecule has 140 valence electrons. The standard InChI is InChI=1S/C18H18N4O4S/c1-10-7-11(20-16(23)13-9-26-18(25)21-13)4-6-22(10)17(24)15-8-12-14(27-15)3-2-5-19-12/h2-3,5,8-11H,4,6-7H2,1H3,(H,20,23)(H,21,25)/t10-,11+/m1/s1. The van der Waals surface area contributed by atoms with Crippen LogP contribution < -0.4 is 11.1 Å². The van der Waals surface area contributed by atoms with Gasteiger partial charge < -0.3 is 14.6 Å². The van der Waals surface area contributed by atoms with Gasteiger partial charge in [-0.3, -0.25) is 19.6 Å². The summed E-state index contributed by atoms with van der Waals surface area (Å²) >= 11 is 1.44. The van der Waals surface area contributed by atoms with Crippen LogP contribution in [0.4, 0.5) is 0 Å². The van der Waals surface area contributed by atoms with E-state index in [1.165, 1.54) is 11.3 Å². The van der Waals surface area contributed by atoms with E-state index in [1.807, 2.05) is 30.0 Å². The number of oxazole rings is 1. The number of hydrogen-bond acceptors (Lipinski definition) is 6. The molecule has 9 heteroatoms. The van der Waals surface area contributed by atoms with Crippen molar-refractivity contribution >= 4 is 33.4 Å². The summed E-state index contributed by atoms with van der Waals surface area (Å²) in [6.07, 6.45) is 4.11. The molecule has 2 amide bonds. The molecule has 3 aromatic rings. The lowest BCUT2D eigenvalue weighted by Crippen LogP contribution is -2.50. The first kappa shape index (κ1) is 17.5. The van der Waals surface area contributed by atoms with Gasteiger partial charge in [0.2, 0.25) is 0 Å². The number of H-pyrrole nitrogens is 1. The quantitative estimate of drug-likeness (QED) is 0.716. The fraction of sp³-hybridized carbons (Fsp3) is 0.333. The number of fused-ring (bicyclic) bond motifs is 1. The third-order valence-electron chi connectivity index (χ3n) is 4.74. The first-order valence-electron chi connectivity index (χ1n) is 8.65. The van der Waals surface area contributed by atoms with Crippen molar-refractivity contribution in [3.05, 3.63) is 51.8 Å². The number of thiophene rings is 1. The summed E-state index contributed by atoms with van der Waals surface area (Å²) in [7, 11) is 0. The average molecular weight is 386 g/mol. The minimum absolute atomic E-state index is 0.00515. The van der Waals surface area contributed by atoms with Gasteiger partial charge in [0.15, 0.2) is 0 Å². The summed E-state index contributed by atoms with van der Waals surface area (Å²) in [6.45, 7) is 2.52. The smallest absolute Gasteiger partial charge is 0.416 e. The van der Waals surface area contributed by atoms with Crippen molar-refractivity contribution < 1.29 is 14.0 Å². The van der Waals surface area contributed by atoms with Gasteiger partial charge in [-0.05, 0) is 38.0 Å². The van der Waals surface area contributed by atoms with E-state index in [0.717, 1.165) is 16.5 Å². The Hall–Kier alpha value is -2.94. The van der Waals surface area contributed by atoms with Gasteiger partial charge in [0, 0.05) is 24.8 Å². The van der Waals surface area contributed by atoms with Gasteiger partial charge in [-0.2, -0.15) is 0 Å². The highest BCUT2D eigenvalue weighted by molar-refractivity contribution is 7.20. The highest BCUT2D eigenvalue weighted by Crippen LogP contribution is 2.27. The summed E-state index contributed by atoms with van der Waals surface area (Å²) in [6, 6.07) is 5.56. The lowest BCUT2D eigenvalue weighted by atomic mass is 9.98. The average Bonchev–Trinajstić information content (AvgIpc) is 3.27. The van der Waals surface area contributed by atoms with Crippen LogP contribution in [0.15, 0.2) is 39.9 Å². The summed E-state index contributed by atoms with van der Waals surface area (Å²) in [4.78, 5) is 45.2. The number of hydrogen-bond donors (Lipinski definition) is 2. The fourth-order valence-corrected chi connectivity index (χ4v) is 4.35. The zero-order chi connectivity index (χ0) is 19.0. The first-order valence-corrected chi connectivity index (χ1v) is 9.47. The number of carbonyl (C=O) groups is 2. The van der Waals surface area contributed by atoms with Crippen LogP contribution in [0.1, 0.15) is 39.9 Å². The third-order valence-corrected chi connectivity index (χ3v) is 5.81. The Labute approximate surface area is 158 Å². The molecule has 4 heterocycles. The highest BCUT2D eigenvalue weighted by atomic mass is 32.1. The predicted molar refractivity (Wildman–Crippen MR) is 99.9 cm³/mol. The van der Waals surface area contributed by atoms with E-state index in [9.17, 15) is 14.4 Å². The van der Waals surface area contributed by atoms with Gasteiger partial charge in [-0.15, -0.1) is 11.3 Å². The lowest BCUT2D eigenvalue weighted by molar-refractivity contribution is 0.0600. The maximum atomic E-state index is 12.9. The Morgan fingerprint density at radius 1 is 1.44 bits per heavy atom. The van der Waals surface area contributed by atoms with Gasteiger partial charge in [-0.1, -0.05) is 0 Å². The predicted octanol–water partition coefficient (Wildman–Crippen LogP) is 2.00. The van der Waals surface area contributed by atoms with Gasteiger partial charge in [0.05, 0.1) is 15.1 Å².